The average molecular weight is 469 g/mol. The number of amides is 2. The summed E-state index contributed by atoms with van der Waals surface area (Å²) in [5.74, 6) is 0.0343. The molecule has 2 amide bonds. The van der Waals surface area contributed by atoms with E-state index in [2.05, 4.69) is 31.8 Å². The summed E-state index contributed by atoms with van der Waals surface area (Å²) >= 11 is 0. The Kier molecular flexibility index (Phi) is 6.66. The Morgan fingerprint density at radius 1 is 1.24 bits per heavy atom. The summed E-state index contributed by atoms with van der Waals surface area (Å²) in [4.78, 5) is 38.2. The first-order chi connectivity index (χ1) is 16.6. The first-order valence-electron chi connectivity index (χ1n) is 11.4. The number of hydrogen-bond acceptors (Lipinski definition) is 9. The van der Waals surface area contributed by atoms with Gasteiger partial charge >= 0.3 is 0 Å². The first-order valence-corrected chi connectivity index (χ1v) is 11.4. The van der Waals surface area contributed by atoms with E-state index in [1.807, 2.05) is 12.2 Å². The molecule has 4 heterocycles. The Bertz CT molecular complexity index is 1030. The molecule has 1 aliphatic carbocycles. The summed E-state index contributed by atoms with van der Waals surface area (Å²) < 4.78 is 11.3. The minimum Gasteiger partial charge on any atom is -0.394 e. The number of rotatable bonds is 6. The molecular formula is C23H27N5O6. The maximum absolute atomic E-state index is 12.7. The van der Waals surface area contributed by atoms with Crippen molar-refractivity contribution in [1.29, 1.82) is 0 Å². The Morgan fingerprint density at radius 2 is 2.15 bits per heavy atom. The monoisotopic (exact) mass is 469 g/mol. The molecule has 1 aromatic heterocycles. The van der Waals surface area contributed by atoms with E-state index in [0.717, 1.165) is 12.0 Å². The summed E-state index contributed by atoms with van der Waals surface area (Å²) in [6.07, 6.45) is 8.32. The number of carbonyl (C=O) groups excluding carboxylic acids is 2. The average Bonchev–Trinajstić information content (AvgIpc) is 3.37. The highest BCUT2D eigenvalue weighted by Gasteiger charge is 2.35. The van der Waals surface area contributed by atoms with Crippen LogP contribution >= 0.6 is 0 Å². The molecule has 3 unspecified atom stereocenters. The van der Waals surface area contributed by atoms with Gasteiger partial charge in [-0.25, -0.2) is 9.97 Å². The molecule has 11 nitrogen and oxygen atoms in total. The van der Waals surface area contributed by atoms with Crippen LogP contribution < -0.4 is 10.6 Å². The van der Waals surface area contributed by atoms with E-state index in [1.165, 1.54) is 6.33 Å². The second-order valence-electron chi connectivity index (χ2n) is 8.76. The molecule has 11 heteroatoms. The van der Waals surface area contributed by atoms with Crippen molar-refractivity contribution in [2.24, 2.45) is 11.1 Å². The van der Waals surface area contributed by atoms with E-state index in [-0.39, 0.29) is 48.5 Å². The highest BCUT2D eigenvalue weighted by atomic mass is 16.7. The van der Waals surface area contributed by atoms with E-state index < -0.39 is 0 Å². The van der Waals surface area contributed by atoms with Crippen LogP contribution in [0.15, 0.2) is 41.4 Å². The maximum Gasteiger partial charge on any atom is 0.270 e. The second kappa shape index (κ2) is 10.00. The summed E-state index contributed by atoms with van der Waals surface area (Å²) in [6, 6.07) is 1.56. The van der Waals surface area contributed by atoms with Gasteiger partial charge in [-0.1, -0.05) is 23.4 Å². The topological polar surface area (TPSA) is 144 Å². The van der Waals surface area contributed by atoms with Crippen molar-refractivity contribution in [3.05, 3.63) is 47.6 Å². The van der Waals surface area contributed by atoms with Gasteiger partial charge in [0, 0.05) is 25.3 Å². The minimum absolute atomic E-state index is 0.0230. The fourth-order valence-corrected chi connectivity index (χ4v) is 4.41. The van der Waals surface area contributed by atoms with Gasteiger partial charge in [-0.3, -0.25) is 9.59 Å². The van der Waals surface area contributed by atoms with Gasteiger partial charge < -0.3 is 30.1 Å². The van der Waals surface area contributed by atoms with Gasteiger partial charge in [-0.15, -0.1) is 0 Å². The molecule has 2 fully saturated rings. The summed E-state index contributed by atoms with van der Waals surface area (Å²) in [5.41, 5.74) is 2.27. The molecule has 0 spiro atoms. The number of nitrogens with zero attached hydrogens (tertiary/aromatic N) is 3. The SMILES string of the molecule is O=C1CCC2C=CC(CNC(=O)c3cc(C4=NOC([C@H]5CO[C@H](CO)CO5)C4)ncn3)=CC2N1. The first kappa shape index (κ1) is 22.6. The zero-order chi connectivity index (χ0) is 23.5. The normalized spacial score (nSPS) is 30.5. The second-order valence-corrected chi connectivity index (χ2v) is 8.76. The lowest BCUT2D eigenvalue weighted by molar-refractivity contribution is -0.178. The van der Waals surface area contributed by atoms with Gasteiger partial charge in [0.2, 0.25) is 5.91 Å². The fraction of sp³-hybridized carbons (Fsp3) is 0.522. The van der Waals surface area contributed by atoms with Crippen molar-refractivity contribution in [3.8, 4) is 0 Å². The summed E-state index contributed by atoms with van der Waals surface area (Å²) in [5, 5.41) is 19.1. The molecule has 0 saturated carbocycles. The van der Waals surface area contributed by atoms with Gasteiger partial charge in [-0.05, 0) is 18.1 Å². The molecule has 0 aromatic carbocycles. The number of aliphatic hydroxyl groups is 1. The zero-order valence-electron chi connectivity index (χ0n) is 18.6. The molecule has 3 aliphatic heterocycles. The smallest absolute Gasteiger partial charge is 0.270 e. The molecule has 5 rings (SSSR count). The number of ether oxygens (including phenoxy) is 2. The number of hydrogen-bond donors (Lipinski definition) is 3. The molecule has 5 atom stereocenters. The number of aromatic nitrogens is 2. The zero-order valence-corrected chi connectivity index (χ0v) is 18.6. The third kappa shape index (κ3) is 5.01. The van der Waals surface area contributed by atoms with Crippen LogP contribution in [-0.2, 0) is 19.1 Å². The van der Waals surface area contributed by atoms with E-state index >= 15 is 0 Å². The van der Waals surface area contributed by atoms with Crippen LogP contribution in [0.5, 0.6) is 0 Å². The number of nitrogens with one attached hydrogen (secondary N) is 2. The van der Waals surface area contributed by atoms with Crippen LogP contribution in [-0.4, -0.2) is 83.3 Å². The lowest BCUT2D eigenvalue weighted by Gasteiger charge is -2.31. The van der Waals surface area contributed by atoms with Crippen molar-refractivity contribution in [1.82, 2.24) is 20.6 Å². The number of aliphatic hydroxyl groups excluding tert-OH is 1. The predicted molar refractivity (Wildman–Crippen MR) is 119 cm³/mol. The lowest BCUT2D eigenvalue weighted by Crippen LogP contribution is -2.44. The number of fused-ring (bicyclic) bond motifs is 1. The van der Waals surface area contributed by atoms with Gasteiger partial charge in [-0.2, -0.15) is 0 Å². The third-order valence-corrected chi connectivity index (χ3v) is 6.40. The molecule has 0 bridgehead atoms. The van der Waals surface area contributed by atoms with Gasteiger partial charge in [0.05, 0.1) is 31.6 Å². The Hall–Kier alpha value is -3.15. The lowest BCUT2D eigenvalue weighted by atomic mass is 9.85. The van der Waals surface area contributed by atoms with E-state index in [1.54, 1.807) is 6.07 Å². The van der Waals surface area contributed by atoms with Gasteiger partial charge in [0.15, 0.2) is 6.10 Å². The maximum atomic E-state index is 12.7. The molecular weight excluding hydrogens is 442 g/mol. The van der Waals surface area contributed by atoms with Crippen LogP contribution in [0.3, 0.4) is 0 Å². The molecule has 180 valence electrons. The van der Waals surface area contributed by atoms with Gasteiger partial charge in [0.1, 0.15) is 29.9 Å². The van der Waals surface area contributed by atoms with Crippen molar-refractivity contribution in [2.75, 3.05) is 26.4 Å². The third-order valence-electron chi connectivity index (χ3n) is 6.40. The Balaban J connectivity index is 1.16. The number of oxime groups is 1. The summed E-state index contributed by atoms with van der Waals surface area (Å²) in [7, 11) is 0. The van der Waals surface area contributed by atoms with E-state index in [4.69, 9.17) is 19.4 Å². The number of piperidine rings is 1. The number of carbonyl (C=O) groups is 2. The van der Waals surface area contributed by atoms with Crippen LogP contribution in [0.1, 0.15) is 35.4 Å². The van der Waals surface area contributed by atoms with Gasteiger partial charge in [0.25, 0.3) is 5.91 Å². The van der Waals surface area contributed by atoms with E-state index in [0.29, 0.717) is 49.9 Å². The van der Waals surface area contributed by atoms with Crippen molar-refractivity contribution >= 4 is 17.5 Å². The molecule has 34 heavy (non-hydrogen) atoms. The predicted octanol–water partition coefficient (Wildman–Crippen LogP) is -0.133. The van der Waals surface area contributed by atoms with Crippen LogP contribution in [0.2, 0.25) is 0 Å². The van der Waals surface area contributed by atoms with Crippen molar-refractivity contribution < 1.29 is 29.0 Å². The minimum atomic E-state index is -0.331. The fourth-order valence-electron chi connectivity index (χ4n) is 4.41. The largest absolute Gasteiger partial charge is 0.394 e. The molecule has 3 N–H and O–H groups in total. The van der Waals surface area contributed by atoms with E-state index in [9.17, 15) is 9.59 Å². The Labute approximate surface area is 196 Å². The molecule has 0 radical (unpaired) electrons. The van der Waals surface area contributed by atoms with Crippen LogP contribution in [0.25, 0.3) is 0 Å². The summed E-state index contributed by atoms with van der Waals surface area (Å²) in [6.45, 7) is 0.851. The molecule has 2 saturated heterocycles. The molecule has 1 aromatic rings. The Morgan fingerprint density at radius 3 is 2.97 bits per heavy atom. The standard InChI is InChI=1S/C23H27N5O6/c29-9-15-10-33-21(11-32-15)20-7-18(28-34-20)17-6-19(26-12-25-17)23(31)24-8-13-1-2-14-3-4-22(30)27-16(14)5-13/h1-2,5-6,12,14-16,20-21,29H,3-4,7-11H2,(H,24,31)(H,27,30)/t14?,15-,16?,20?,21-/m1/s1. The molecule has 4 aliphatic rings. The van der Waals surface area contributed by atoms with Crippen LogP contribution in [0, 0.1) is 5.92 Å². The van der Waals surface area contributed by atoms with Crippen LogP contribution in [0.4, 0.5) is 0 Å². The highest BCUT2D eigenvalue weighted by Crippen LogP contribution is 2.25. The van der Waals surface area contributed by atoms with Crippen molar-refractivity contribution in [2.45, 2.75) is 43.6 Å². The van der Waals surface area contributed by atoms with Crippen molar-refractivity contribution in [3.63, 3.8) is 0 Å². The quantitative estimate of drug-likeness (QED) is 0.523. The highest BCUT2D eigenvalue weighted by molar-refractivity contribution is 6.01.